The summed E-state index contributed by atoms with van der Waals surface area (Å²) in [5.74, 6) is 0.218. The van der Waals surface area contributed by atoms with E-state index in [2.05, 4.69) is 15.5 Å². The van der Waals surface area contributed by atoms with Gasteiger partial charge in [0, 0.05) is 12.6 Å². The van der Waals surface area contributed by atoms with Crippen LogP contribution in [-0.2, 0) is 6.54 Å². The standard InChI is InChI=1S/C13H15ClN4O/c1-18(2)8-9-7-12(17-16-9)15-13(19)10-5-3-4-6-11(10)14/h3-7H,8H2,1-2H3,(H2,15,16,17,19). The van der Waals surface area contributed by atoms with Gasteiger partial charge in [0.15, 0.2) is 5.82 Å². The number of nitrogens with one attached hydrogen (secondary N) is 2. The van der Waals surface area contributed by atoms with E-state index in [1.807, 2.05) is 19.0 Å². The molecule has 0 aliphatic heterocycles. The van der Waals surface area contributed by atoms with Crippen LogP contribution in [0.25, 0.3) is 0 Å². The Morgan fingerprint density at radius 3 is 2.84 bits per heavy atom. The van der Waals surface area contributed by atoms with E-state index < -0.39 is 0 Å². The number of anilines is 1. The molecule has 1 heterocycles. The van der Waals surface area contributed by atoms with Crippen LogP contribution in [0.3, 0.4) is 0 Å². The summed E-state index contributed by atoms with van der Waals surface area (Å²) in [5.41, 5.74) is 1.36. The highest BCUT2D eigenvalue weighted by molar-refractivity contribution is 6.34. The second-order valence-corrected chi connectivity index (χ2v) is 4.86. The van der Waals surface area contributed by atoms with Crippen LogP contribution in [0.1, 0.15) is 16.1 Å². The molecule has 0 saturated carbocycles. The molecule has 2 N–H and O–H groups in total. The van der Waals surface area contributed by atoms with Crippen LogP contribution in [0.15, 0.2) is 30.3 Å². The van der Waals surface area contributed by atoms with Crippen molar-refractivity contribution in [1.29, 1.82) is 0 Å². The maximum Gasteiger partial charge on any atom is 0.258 e. The third-order valence-electron chi connectivity index (χ3n) is 2.48. The fourth-order valence-corrected chi connectivity index (χ4v) is 1.90. The van der Waals surface area contributed by atoms with Crippen molar-refractivity contribution in [2.24, 2.45) is 0 Å². The lowest BCUT2D eigenvalue weighted by Gasteiger charge is -2.05. The van der Waals surface area contributed by atoms with Gasteiger partial charge in [-0.1, -0.05) is 23.7 Å². The molecule has 0 bridgehead atoms. The minimum absolute atomic E-state index is 0.270. The van der Waals surface area contributed by atoms with Crippen molar-refractivity contribution in [2.75, 3.05) is 19.4 Å². The summed E-state index contributed by atoms with van der Waals surface area (Å²) in [5, 5.41) is 10.0. The van der Waals surface area contributed by atoms with Gasteiger partial charge in [0.05, 0.1) is 16.3 Å². The molecule has 0 atom stereocenters. The summed E-state index contributed by atoms with van der Waals surface area (Å²) in [4.78, 5) is 14.0. The second-order valence-electron chi connectivity index (χ2n) is 4.45. The monoisotopic (exact) mass is 278 g/mol. The first-order chi connectivity index (χ1) is 9.06. The first-order valence-electron chi connectivity index (χ1n) is 5.81. The van der Waals surface area contributed by atoms with Crippen molar-refractivity contribution < 1.29 is 4.79 Å². The number of carbonyl (C=O) groups is 1. The van der Waals surface area contributed by atoms with Crippen LogP contribution in [0.5, 0.6) is 0 Å². The Kier molecular flexibility index (Phi) is 4.19. The zero-order chi connectivity index (χ0) is 13.8. The molecule has 1 aromatic carbocycles. The van der Waals surface area contributed by atoms with Crippen molar-refractivity contribution in [3.05, 3.63) is 46.6 Å². The van der Waals surface area contributed by atoms with Crippen LogP contribution in [-0.4, -0.2) is 35.1 Å². The van der Waals surface area contributed by atoms with Gasteiger partial charge in [-0.25, -0.2) is 0 Å². The lowest BCUT2D eigenvalue weighted by atomic mass is 10.2. The number of aromatic nitrogens is 2. The number of aromatic amines is 1. The van der Waals surface area contributed by atoms with E-state index in [0.29, 0.717) is 16.4 Å². The largest absolute Gasteiger partial charge is 0.305 e. The van der Waals surface area contributed by atoms with E-state index in [0.717, 1.165) is 12.2 Å². The van der Waals surface area contributed by atoms with Crippen LogP contribution >= 0.6 is 11.6 Å². The van der Waals surface area contributed by atoms with E-state index in [1.54, 1.807) is 30.3 Å². The molecule has 1 aromatic heterocycles. The van der Waals surface area contributed by atoms with Crippen LogP contribution in [0.4, 0.5) is 5.82 Å². The fourth-order valence-electron chi connectivity index (χ4n) is 1.68. The van der Waals surface area contributed by atoms with Crippen LogP contribution in [0, 0.1) is 0 Å². The maximum atomic E-state index is 12.0. The number of benzene rings is 1. The van der Waals surface area contributed by atoms with E-state index in [9.17, 15) is 4.79 Å². The van der Waals surface area contributed by atoms with Crippen molar-refractivity contribution in [2.45, 2.75) is 6.54 Å². The van der Waals surface area contributed by atoms with Crippen LogP contribution in [0.2, 0.25) is 5.02 Å². The molecule has 6 heteroatoms. The molecular formula is C13H15ClN4O. The van der Waals surface area contributed by atoms with E-state index >= 15 is 0 Å². The third kappa shape index (κ3) is 3.56. The Morgan fingerprint density at radius 2 is 2.16 bits per heavy atom. The highest BCUT2D eigenvalue weighted by Gasteiger charge is 2.11. The summed E-state index contributed by atoms with van der Waals surface area (Å²) in [7, 11) is 3.92. The second kappa shape index (κ2) is 5.86. The zero-order valence-corrected chi connectivity index (χ0v) is 11.5. The Hall–Kier alpha value is -1.85. The average Bonchev–Trinajstić information content (AvgIpc) is 2.76. The third-order valence-corrected chi connectivity index (χ3v) is 2.81. The van der Waals surface area contributed by atoms with Gasteiger partial charge in [-0.3, -0.25) is 9.89 Å². The number of hydrogen-bond donors (Lipinski definition) is 2. The van der Waals surface area contributed by atoms with Crippen molar-refractivity contribution in [1.82, 2.24) is 15.1 Å². The first kappa shape index (κ1) is 13.6. The smallest absolute Gasteiger partial charge is 0.258 e. The van der Waals surface area contributed by atoms with Gasteiger partial charge in [-0.15, -0.1) is 0 Å². The molecule has 0 unspecified atom stereocenters. The van der Waals surface area contributed by atoms with Gasteiger partial charge in [-0.05, 0) is 26.2 Å². The summed E-state index contributed by atoms with van der Waals surface area (Å²) >= 11 is 5.96. The number of amides is 1. The summed E-state index contributed by atoms with van der Waals surface area (Å²) < 4.78 is 0. The minimum atomic E-state index is -0.270. The molecule has 100 valence electrons. The molecule has 0 fully saturated rings. The quantitative estimate of drug-likeness (QED) is 0.903. The molecule has 0 radical (unpaired) electrons. The molecular weight excluding hydrogens is 264 g/mol. The Morgan fingerprint density at radius 1 is 1.42 bits per heavy atom. The molecule has 0 saturated heterocycles. The van der Waals surface area contributed by atoms with Gasteiger partial charge >= 0.3 is 0 Å². The molecule has 0 aliphatic carbocycles. The number of rotatable bonds is 4. The number of hydrogen-bond acceptors (Lipinski definition) is 3. The van der Waals surface area contributed by atoms with E-state index in [4.69, 9.17) is 11.6 Å². The summed E-state index contributed by atoms with van der Waals surface area (Å²) in [6, 6.07) is 8.70. The predicted octanol–water partition coefficient (Wildman–Crippen LogP) is 2.38. The first-order valence-corrected chi connectivity index (χ1v) is 6.19. The predicted molar refractivity (Wildman–Crippen MR) is 75.4 cm³/mol. The summed E-state index contributed by atoms with van der Waals surface area (Å²) in [6.07, 6.45) is 0. The maximum absolute atomic E-state index is 12.0. The number of nitrogens with zero attached hydrogens (tertiary/aromatic N) is 2. The molecule has 5 nitrogen and oxygen atoms in total. The van der Waals surface area contributed by atoms with Crippen molar-refractivity contribution in [3.63, 3.8) is 0 Å². The van der Waals surface area contributed by atoms with E-state index in [-0.39, 0.29) is 5.91 Å². The average molecular weight is 279 g/mol. The van der Waals surface area contributed by atoms with Crippen molar-refractivity contribution >= 4 is 23.3 Å². The van der Waals surface area contributed by atoms with E-state index in [1.165, 1.54) is 0 Å². The summed E-state index contributed by atoms with van der Waals surface area (Å²) in [6.45, 7) is 0.731. The van der Waals surface area contributed by atoms with Gasteiger partial charge < -0.3 is 10.2 Å². The number of carbonyl (C=O) groups excluding carboxylic acids is 1. The normalized spacial score (nSPS) is 10.7. The van der Waals surface area contributed by atoms with Gasteiger partial charge in [0.2, 0.25) is 0 Å². The Labute approximate surface area is 116 Å². The molecule has 0 spiro atoms. The molecule has 1 amide bonds. The molecule has 19 heavy (non-hydrogen) atoms. The van der Waals surface area contributed by atoms with Crippen molar-refractivity contribution in [3.8, 4) is 0 Å². The molecule has 2 aromatic rings. The lowest BCUT2D eigenvalue weighted by Crippen LogP contribution is -2.12. The fraction of sp³-hybridized carbons (Fsp3) is 0.231. The molecule has 2 rings (SSSR count). The number of halogens is 1. The lowest BCUT2D eigenvalue weighted by molar-refractivity contribution is 0.102. The molecule has 0 aliphatic rings. The van der Waals surface area contributed by atoms with Gasteiger partial charge in [-0.2, -0.15) is 5.10 Å². The van der Waals surface area contributed by atoms with Gasteiger partial charge in [0.25, 0.3) is 5.91 Å². The topological polar surface area (TPSA) is 61.0 Å². The minimum Gasteiger partial charge on any atom is -0.305 e. The Balaban J connectivity index is 2.07. The number of H-pyrrole nitrogens is 1. The zero-order valence-electron chi connectivity index (χ0n) is 10.8. The Bertz CT molecular complexity index is 580. The van der Waals surface area contributed by atoms with Gasteiger partial charge in [0.1, 0.15) is 0 Å². The highest BCUT2D eigenvalue weighted by Crippen LogP contribution is 2.16. The van der Waals surface area contributed by atoms with Crippen LogP contribution < -0.4 is 5.32 Å². The highest BCUT2D eigenvalue weighted by atomic mass is 35.5. The SMILES string of the molecule is CN(C)Cc1cc(NC(=O)c2ccccc2Cl)n[nH]1.